The number of thioether (sulfide) groups is 1. The average molecular weight is 244 g/mol. The Balaban J connectivity index is 2.09. The van der Waals surface area contributed by atoms with E-state index >= 15 is 0 Å². The number of hydrogen-bond acceptors (Lipinski definition) is 4. The van der Waals surface area contributed by atoms with Crippen molar-refractivity contribution in [1.29, 1.82) is 0 Å². The van der Waals surface area contributed by atoms with Crippen molar-refractivity contribution in [3.63, 3.8) is 0 Å². The predicted octanol–water partition coefficient (Wildman–Crippen LogP) is 0.984. The van der Waals surface area contributed by atoms with Gasteiger partial charge in [-0.1, -0.05) is 25.6 Å². The van der Waals surface area contributed by atoms with Crippen molar-refractivity contribution in [2.45, 2.75) is 26.4 Å². The molecule has 4 nitrogen and oxygen atoms in total. The molecule has 0 aromatic carbocycles. The molecule has 1 aliphatic heterocycles. The number of carbonyl (C=O) groups excluding carboxylic acids is 1. The fourth-order valence-electron chi connectivity index (χ4n) is 2.86. The summed E-state index contributed by atoms with van der Waals surface area (Å²) in [7, 11) is 0. The summed E-state index contributed by atoms with van der Waals surface area (Å²) in [6, 6.07) is 0. The second-order valence-electron chi connectivity index (χ2n) is 5.22. The molecule has 1 saturated heterocycles. The van der Waals surface area contributed by atoms with E-state index in [1.54, 1.807) is 0 Å². The molecule has 1 aliphatic carbocycles. The number of hydrogen-bond donors (Lipinski definition) is 2. The molecule has 2 N–H and O–H groups in total. The smallest absolute Gasteiger partial charge is 0.307 e. The highest BCUT2D eigenvalue weighted by Gasteiger charge is 2.66. The van der Waals surface area contributed by atoms with Gasteiger partial charge >= 0.3 is 5.97 Å². The molecule has 90 valence electrons. The van der Waals surface area contributed by atoms with Crippen LogP contribution < -0.4 is 0 Å². The summed E-state index contributed by atoms with van der Waals surface area (Å²) in [6.07, 6.45) is -0.123. The maximum absolute atomic E-state index is 11.5. The molecule has 0 bridgehead atoms. The Kier molecular flexibility index (Phi) is 2.78. The van der Waals surface area contributed by atoms with E-state index in [2.05, 4.69) is 0 Å². The molecule has 0 aromatic rings. The number of carbonyl (C=O) groups is 2. The van der Waals surface area contributed by atoms with Crippen LogP contribution in [0.5, 0.6) is 0 Å². The van der Waals surface area contributed by atoms with Crippen LogP contribution in [0.4, 0.5) is 0 Å². The molecular formula is C11H16O4S. The van der Waals surface area contributed by atoms with E-state index in [0.717, 1.165) is 5.75 Å². The Hall–Kier alpha value is -0.550. The molecule has 2 fully saturated rings. The third kappa shape index (κ3) is 1.66. The Morgan fingerprint density at radius 3 is 2.56 bits per heavy atom. The summed E-state index contributed by atoms with van der Waals surface area (Å²) in [4.78, 5) is 22.5. The molecule has 4 atom stereocenters. The molecule has 2 aliphatic rings. The molecule has 0 amide bonds. The van der Waals surface area contributed by atoms with Gasteiger partial charge in [0, 0.05) is 11.7 Å². The van der Waals surface area contributed by atoms with Gasteiger partial charge in [-0.05, 0) is 11.8 Å². The van der Waals surface area contributed by atoms with Crippen LogP contribution in [-0.4, -0.2) is 33.2 Å². The highest BCUT2D eigenvalue weighted by atomic mass is 32.2. The molecule has 1 heterocycles. The summed E-state index contributed by atoms with van der Waals surface area (Å²) in [5.74, 6) is -1.28. The SMILES string of the molecule is CC1(C)[C@H](C(=O)O)[C@@H]1C(O)C1CCSC1=O. The molecule has 0 spiro atoms. The number of aliphatic hydroxyl groups is 1. The van der Waals surface area contributed by atoms with Gasteiger partial charge in [-0.2, -0.15) is 0 Å². The molecule has 0 radical (unpaired) electrons. The normalized spacial score (nSPS) is 38.4. The lowest BCUT2D eigenvalue weighted by Crippen LogP contribution is -2.27. The largest absolute Gasteiger partial charge is 0.481 e. The van der Waals surface area contributed by atoms with Gasteiger partial charge in [-0.15, -0.1) is 0 Å². The fraction of sp³-hybridized carbons (Fsp3) is 0.818. The zero-order chi connectivity index (χ0) is 12.1. The zero-order valence-corrected chi connectivity index (χ0v) is 10.2. The number of carboxylic acid groups (broad SMARTS) is 1. The van der Waals surface area contributed by atoms with Gasteiger partial charge in [-0.25, -0.2) is 0 Å². The van der Waals surface area contributed by atoms with Gasteiger partial charge < -0.3 is 10.2 Å². The van der Waals surface area contributed by atoms with E-state index in [9.17, 15) is 14.7 Å². The van der Waals surface area contributed by atoms with Gasteiger partial charge in [0.05, 0.1) is 17.9 Å². The monoisotopic (exact) mass is 244 g/mol. The van der Waals surface area contributed by atoms with Crippen LogP contribution in [-0.2, 0) is 9.59 Å². The number of carboxylic acids is 1. The second kappa shape index (κ2) is 3.74. The average Bonchev–Trinajstić information content (AvgIpc) is 2.53. The Morgan fingerprint density at radius 1 is 1.56 bits per heavy atom. The number of aliphatic carboxylic acids is 1. The van der Waals surface area contributed by atoms with E-state index < -0.39 is 23.4 Å². The molecule has 0 aromatic heterocycles. The van der Waals surface area contributed by atoms with Gasteiger partial charge in [-0.3, -0.25) is 9.59 Å². The summed E-state index contributed by atoms with van der Waals surface area (Å²) in [5.41, 5.74) is -0.390. The first kappa shape index (κ1) is 11.9. The van der Waals surface area contributed by atoms with E-state index in [1.165, 1.54) is 11.8 Å². The molecule has 5 heteroatoms. The van der Waals surface area contributed by atoms with E-state index in [-0.39, 0.29) is 17.0 Å². The minimum atomic E-state index is -0.868. The van der Waals surface area contributed by atoms with Crippen LogP contribution >= 0.6 is 11.8 Å². The van der Waals surface area contributed by atoms with Gasteiger partial charge in [0.2, 0.25) is 0 Å². The van der Waals surface area contributed by atoms with Crippen molar-refractivity contribution in [2.75, 3.05) is 5.75 Å². The van der Waals surface area contributed by atoms with Crippen LogP contribution in [0.25, 0.3) is 0 Å². The highest BCUT2D eigenvalue weighted by Crippen LogP contribution is 2.61. The summed E-state index contributed by atoms with van der Waals surface area (Å²) < 4.78 is 0. The first-order valence-electron chi connectivity index (χ1n) is 5.45. The molecule has 1 saturated carbocycles. The van der Waals surface area contributed by atoms with Crippen LogP contribution in [0, 0.1) is 23.2 Å². The Bertz CT molecular complexity index is 339. The first-order valence-corrected chi connectivity index (χ1v) is 6.43. The van der Waals surface area contributed by atoms with Crippen molar-refractivity contribution in [1.82, 2.24) is 0 Å². The summed E-state index contributed by atoms with van der Waals surface area (Å²) >= 11 is 1.24. The zero-order valence-electron chi connectivity index (χ0n) is 9.34. The number of aliphatic hydroxyl groups excluding tert-OH is 1. The van der Waals surface area contributed by atoms with Crippen molar-refractivity contribution in [3.05, 3.63) is 0 Å². The van der Waals surface area contributed by atoms with Gasteiger partial charge in [0.1, 0.15) is 0 Å². The minimum absolute atomic E-state index is 0.0133. The molecule has 2 rings (SSSR count). The van der Waals surface area contributed by atoms with Crippen LogP contribution in [0.2, 0.25) is 0 Å². The second-order valence-corrected chi connectivity index (χ2v) is 6.32. The summed E-state index contributed by atoms with van der Waals surface area (Å²) in [6.45, 7) is 3.68. The van der Waals surface area contributed by atoms with Crippen molar-refractivity contribution in [3.8, 4) is 0 Å². The lowest BCUT2D eigenvalue weighted by molar-refractivity contribution is -0.140. The fourth-order valence-corrected chi connectivity index (χ4v) is 3.90. The predicted molar refractivity (Wildman–Crippen MR) is 60.0 cm³/mol. The standard InChI is InChI=1S/C11H16O4S/c1-11(2)6(7(11)9(13)14)8(12)5-3-4-16-10(5)15/h5-8,12H,3-4H2,1-2H3,(H,13,14)/t5?,6-,7+,8?/m1/s1. The molecule has 2 unspecified atom stereocenters. The third-order valence-electron chi connectivity index (χ3n) is 3.93. The van der Waals surface area contributed by atoms with Gasteiger partial charge in [0.15, 0.2) is 5.12 Å². The Labute approximate surface area is 98.4 Å². The maximum Gasteiger partial charge on any atom is 0.307 e. The van der Waals surface area contributed by atoms with Crippen molar-refractivity contribution < 1.29 is 19.8 Å². The van der Waals surface area contributed by atoms with Crippen LogP contribution in [0.1, 0.15) is 20.3 Å². The van der Waals surface area contributed by atoms with E-state index in [1.807, 2.05) is 13.8 Å². The first-order chi connectivity index (χ1) is 7.37. The number of rotatable bonds is 3. The summed E-state index contributed by atoms with van der Waals surface area (Å²) in [5, 5.41) is 19.1. The van der Waals surface area contributed by atoms with Crippen LogP contribution in [0.3, 0.4) is 0 Å². The highest BCUT2D eigenvalue weighted by molar-refractivity contribution is 8.14. The quantitative estimate of drug-likeness (QED) is 0.774. The van der Waals surface area contributed by atoms with Crippen molar-refractivity contribution in [2.24, 2.45) is 23.2 Å². The van der Waals surface area contributed by atoms with E-state index in [0.29, 0.717) is 6.42 Å². The van der Waals surface area contributed by atoms with Crippen molar-refractivity contribution >= 4 is 22.8 Å². The lowest BCUT2D eigenvalue weighted by atomic mass is 9.93. The maximum atomic E-state index is 11.5. The van der Waals surface area contributed by atoms with E-state index in [4.69, 9.17) is 5.11 Å². The molecule has 16 heavy (non-hydrogen) atoms. The van der Waals surface area contributed by atoms with Crippen LogP contribution in [0.15, 0.2) is 0 Å². The lowest BCUT2D eigenvalue weighted by Gasteiger charge is -2.16. The third-order valence-corrected chi connectivity index (χ3v) is 4.96. The topological polar surface area (TPSA) is 74.6 Å². The minimum Gasteiger partial charge on any atom is -0.481 e. The Morgan fingerprint density at radius 2 is 2.19 bits per heavy atom. The molecular weight excluding hydrogens is 228 g/mol. The van der Waals surface area contributed by atoms with Gasteiger partial charge in [0.25, 0.3) is 0 Å².